The van der Waals surface area contributed by atoms with E-state index >= 15 is 0 Å². The average Bonchev–Trinajstić information content (AvgIpc) is 2.63. The van der Waals surface area contributed by atoms with Crippen LogP contribution in [0.2, 0.25) is 10.0 Å². The number of rotatable bonds is 11. The van der Waals surface area contributed by atoms with Crippen LogP contribution < -0.4 is 33.6 Å². The molecule has 0 aliphatic rings. The third-order valence-electron chi connectivity index (χ3n) is 4.31. The maximum atomic E-state index is 12.9. The fourth-order valence-electron chi connectivity index (χ4n) is 2.53. The molecular formula is C23H30Cl2LiO3P. The number of carbonyl (C=O) groups is 1. The normalized spacial score (nSPS) is 11.2. The molecule has 0 N–H and O–H groups in total. The summed E-state index contributed by atoms with van der Waals surface area (Å²) < 4.78 is 11.9. The molecule has 2 aromatic rings. The van der Waals surface area contributed by atoms with Crippen molar-refractivity contribution in [1.29, 1.82) is 0 Å². The van der Waals surface area contributed by atoms with Gasteiger partial charge in [0.2, 0.25) is 0 Å². The molecule has 0 aliphatic heterocycles. The molecule has 0 radical (unpaired) electrons. The Morgan fingerprint density at radius 2 is 1.53 bits per heavy atom. The molecule has 160 valence electrons. The Kier molecular flexibility index (Phi) is 12.5. The summed E-state index contributed by atoms with van der Waals surface area (Å²) in [4.78, 5) is 12.9. The van der Waals surface area contributed by atoms with Gasteiger partial charge in [0.15, 0.2) is 5.52 Å². The van der Waals surface area contributed by atoms with Crippen LogP contribution in [0.1, 0.15) is 52.3 Å². The Balaban J connectivity index is 0.00000450. The van der Waals surface area contributed by atoms with Gasteiger partial charge in [0, 0.05) is 11.4 Å². The summed E-state index contributed by atoms with van der Waals surface area (Å²) in [6, 6.07) is 10.8. The van der Waals surface area contributed by atoms with Gasteiger partial charge in [-0.05, 0) is 57.5 Å². The van der Waals surface area contributed by atoms with Crippen molar-refractivity contribution < 1.29 is 34.6 Å². The van der Waals surface area contributed by atoms with E-state index in [4.69, 9.17) is 32.7 Å². The number of ether oxygens (including phenoxy) is 2. The van der Waals surface area contributed by atoms with Gasteiger partial charge in [0.1, 0.15) is 11.5 Å². The molecule has 1 atom stereocenters. The van der Waals surface area contributed by atoms with Crippen LogP contribution in [0.25, 0.3) is 0 Å². The monoisotopic (exact) mass is 462 g/mol. The molecule has 0 fully saturated rings. The van der Waals surface area contributed by atoms with Crippen LogP contribution in [-0.2, 0) is 0 Å². The van der Waals surface area contributed by atoms with Gasteiger partial charge < -0.3 is 10.9 Å². The minimum Gasteiger partial charge on any atom is -1.00 e. The van der Waals surface area contributed by atoms with Gasteiger partial charge in [-0.3, -0.25) is 4.79 Å². The molecule has 0 aromatic heterocycles. The maximum absolute atomic E-state index is 12.9. The van der Waals surface area contributed by atoms with Gasteiger partial charge in [-0.2, -0.15) is 0 Å². The summed E-state index contributed by atoms with van der Waals surface area (Å²) in [5.74, 6) is 2.55. The van der Waals surface area contributed by atoms with Crippen molar-refractivity contribution in [3.05, 3.63) is 52.0 Å². The van der Waals surface area contributed by atoms with Crippen molar-refractivity contribution in [2.24, 2.45) is 11.8 Å². The smallest absolute Gasteiger partial charge is 1.00 e. The fourth-order valence-corrected chi connectivity index (χ4v) is 4.33. The van der Waals surface area contributed by atoms with E-state index in [1.165, 1.54) is 0 Å². The predicted octanol–water partition coefficient (Wildman–Crippen LogP) is 4.10. The Morgan fingerprint density at radius 1 is 0.967 bits per heavy atom. The standard InChI is InChI=1S/C23H29Cl2O3P.Li.H/c1-15(2)10-12-27-17-8-9-21(20(14-17)28-13-11-16(3)4)29-23(26)22-18(24)6-5-7-19(22)25;;/h5-9,14-16,29H,10-13H2,1-4H3;;/q;+1;-1. The summed E-state index contributed by atoms with van der Waals surface area (Å²) in [6.07, 6.45) is 1.92. The molecule has 30 heavy (non-hydrogen) atoms. The van der Waals surface area contributed by atoms with E-state index in [1.807, 2.05) is 18.2 Å². The first-order valence-electron chi connectivity index (χ1n) is 9.93. The molecule has 0 aliphatic carbocycles. The number of hydrogen-bond acceptors (Lipinski definition) is 3. The molecular weight excluding hydrogens is 433 g/mol. The summed E-state index contributed by atoms with van der Waals surface area (Å²) in [5.41, 5.74) is 0.252. The Bertz CT molecular complexity index is 814. The molecule has 0 amide bonds. The Hall–Kier alpha value is -0.683. The summed E-state index contributed by atoms with van der Waals surface area (Å²) in [6.45, 7) is 9.88. The third kappa shape index (κ3) is 8.82. The number of halogens is 2. The van der Waals surface area contributed by atoms with Crippen LogP contribution in [0.15, 0.2) is 36.4 Å². The molecule has 0 spiro atoms. The zero-order valence-electron chi connectivity index (χ0n) is 19.4. The topological polar surface area (TPSA) is 35.5 Å². The van der Waals surface area contributed by atoms with Gasteiger partial charge in [-0.25, -0.2) is 0 Å². The molecule has 3 nitrogen and oxygen atoms in total. The second-order valence-corrected chi connectivity index (χ2v) is 9.83. The molecule has 0 saturated carbocycles. The second kappa shape index (κ2) is 13.7. The summed E-state index contributed by atoms with van der Waals surface area (Å²) in [7, 11) is -0.141. The molecule has 0 heterocycles. The predicted molar refractivity (Wildman–Crippen MR) is 126 cm³/mol. The van der Waals surface area contributed by atoms with E-state index in [1.54, 1.807) is 18.2 Å². The van der Waals surface area contributed by atoms with Crippen molar-refractivity contribution in [1.82, 2.24) is 0 Å². The maximum Gasteiger partial charge on any atom is 1.00 e. The molecule has 0 saturated heterocycles. The Labute approximate surface area is 205 Å². The zero-order valence-corrected chi connectivity index (χ0v) is 20.9. The van der Waals surface area contributed by atoms with E-state index in [0.717, 1.165) is 23.9 Å². The van der Waals surface area contributed by atoms with Crippen molar-refractivity contribution >= 4 is 42.6 Å². The molecule has 0 bridgehead atoms. The SMILES string of the molecule is CC(C)CCOc1ccc(PC(=O)c2c(Cl)cccc2Cl)c(OCCC(C)C)c1.[H-].[Li+]. The molecule has 2 aromatic carbocycles. The van der Waals surface area contributed by atoms with Gasteiger partial charge >= 0.3 is 18.9 Å². The zero-order chi connectivity index (χ0) is 21.4. The van der Waals surface area contributed by atoms with Crippen molar-refractivity contribution in [2.75, 3.05) is 13.2 Å². The number of carbonyl (C=O) groups excluding carboxylic acids is 1. The Morgan fingerprint density at radius 3 is 2.10 bits per heavy atom. The van der Waals surface area contributed by atoms with Crippen molar-refractivity contribution in [2.45, 2.75) is 40.5 Å². The van der Waals surface area contributed by atoms with Gasteiger partial charge in [-0.1, -0.05) is 57.0 Å². The van der Waals surface area contributed by atoms with Gasteiger partial charge in [0.05, 0.1) is 28.8 Å². The third-order valence-corrected chi connectivity index (χ3v) is 6.10. The van der Waals surface area contributed by atoms with Crippen LogP contribution in [-0.4, -0.2) is 18.7 Å². The van der Waals surface area contributed by atoms with E-state index in [0.29, 0.717) is 46.4 Å². The van der Waals surface area contributed by atoms with Crippen LogP contribution in [0, 0.1) is 11.8 Å². The van der Waals surface area contributed by atoms with Crippen LogP contribution in [0.4, 0.5) is 0 Å². The van der Waals surface area contributed by atoms with E-state index < -0.39 is 0 Å². The quantitative estimate of drug-likeness (QED) is 0.372. The van der Waals surface area contributed by atoms with E-state index in [-0.39, 0.29) is 34.4 Å². The first kappa shape index (κ1) is 27.4. The van der Waals surface area contributed by atoms with Gasteiger partial charge in [0.25, 0.3) is 0 Å². The van der Waals surface area contributed by atoms with Crippen LogP contribution in [0.3, 0.4) is 0 Å². The van der Waals surface area contributed by atoms with E-state index in [2.05, 4.69) is 27.7 Å². The first-order chi connectivity index (χ1) is 13.8. The summed E-state index contributed by atoms with van der Waals surface area (Å²) >= 11 is 12.4. The summed E-state index contributed by atoms with van der Waals surface area (Å²) in [5, 5.41) is 1.56. The van der Waals surface area contributed by atoms with Crippen LogP contribution in [0.5, 0.6) is 11.5 Å². The van der Waals surface area contributed by atoms with E-state index in [9.17, 15) is 4.79 Å². The van der Waals surface area contributed by atoms with Gasteiger partial charge in [-0.15, -0.1) is 0 Å². The number of hydrogen-bond donors (Lipinski definition) is 0. The molecule has 1 unspecified atom stereocenters. The van der Waals surface area contributed by atoms with Crippen molar-refractivity contribution in [3.8, 4) is 11.5 Å². The minimum absolute atomic E-state index is 0. The fraction of sp³-hybridized carbons (Fsp3) is 0.435. The molecule has 7 heteroatoms. The first-order valence-corrected chi connectivity index (χ1v) is 11.7. The largest absolute Gasteiger partial charge is 1.00 e. The molecule has 2 rings (SSSR count). The minimum atomic E-state index is -0.141. The average molecular weight is 463 g/mol. The number of benzene rings is 2. The van der Waals surface area contributed by atoms with Crippen LogP contribution >= 0.6 is 31.8 Å². The van der Waals surface area contributed by atoms with Crippen molar-refractivity contribution in [3.63, 3.8) is 0 Å². The second-order valence-electron chi connectivity index (χ2n) is 7.77.